The first-order valence-electron chi connectivity index (χ1n) is 4.79. The Kier molecular flexibility index (Phi) is 5.41. The fourth-order valence-electron chi connectivity index (χ4n) is 1.40. The molecular weight excluding hydrogens is 162 g/mol. The highest BCUT2D eigenvalue weighted by Crippen LogP contribution is 2.27. The average Bonchev–Trinajstić information content (AvgIpc) is 2.18. The molecule has 0 unspecified atom stereocenters. The number of carbonyl (C=O) groups is 1. The zero-order chi connectivity index (χ0) is 10.3. The maximum Gasteiger partial charge on any atom is 0.152 e. The highest BCUT2D eigenvalue weighted by Gasteiger charge is 2.31. The van der Waals surface area contributed by atoms with Crippen LogP contribution in [0, 0.1) is 17.3 Å². The lowest BCUT2D eigenvalue weighted by molar-refractivity contribution is -0.127. The number of ketones is 1. The van der Waals surface area contributed by atoms with Gasteiger partial charge in [-0.25, -0.2) is 0 Å². The third-order valence-electron chi connectivity index (χ3n) is 2.76. The second-order valence-corrected chi connectivity index (χ2v) is 3.22. The number of hydrogen-bond acceptors (Lipinski definition) is 2. The second-order valence-electron chi connectivity index (χ2n) is 3.22. The molecule has 0 saturated heterocycles. The maximum atomic E-state index is 11.7. The van der Waals surface area contributed by atoms with Crippen LogP contribution < -0.4 is 5.73 Å². The van der Waals surface area contributed by atoms with Crippen LogP contribution in [-0.4, -0.2) is 12.3 Å². The molecule has 74 valence electrons. The van der Waals surface area contributed by atoms with Crippen LogP contribution in [0.5, 0.6) is 0 Å². The van der Waals surface area contributed by atoms with E-state index in [1.165, 1.54) is 0 Å². The van der Waals surface area contributed by atoms with E-state index in [-0.39, 0.29) is 11.2 Å². The average molecular weight is 181 g/mol. The van der Waals surface area contributed by atoms with Gasteiger partial charge in [-0.05, 0) is 19.8 Å². The quantitative estimate of drug-likeness (QED) is 0.656. The number of Topliss-reactive ketones (excluding diaryl/α,β-unsaturated/α-hetero) is 1. The molecule has 0 atom stereocenters. The van der Waals surface area contributed by atoms with Gasteiger partial charge in [0, 0.05) is 12.0 Å². The molecule has 0 aromatic rings. The molecule has 0 bridgehead atoms. The van der Waals surface area contributed by atoms with Crippen molar-refractivity contribution >= 4 is 5.78 Å². The Morgan fingerprint density at radius 1 is 1.38 bits per heavy atom. The fourth-order valence-corrected chi connectivity index (χ4v) is 1.40. The summed E-state index contributed by atoms with van der Waals surface area (Å²) >= 11 is 0. The highest BCUT2D eigenvalue weighted by atomic mass is 16.1. The van der Waals surface area contributed by atoms with E-state index in [2.05, 4.69) is 11.8 Å². The van der Waals surface area contributed by atoms with Crippen LogP contribution in [0.3, 0.4) is 0 Å². The maximum absolute atomic E-state index is 11.7. The Labute approximate surface area is 80.9 Å². The van der Waals surface area contributed by atoms with Crippen molar-refractivity contribution in [3.05, 3.63) is 0 Å². The van der Waals surface area contributed by atoms with Crippen molar-refractivity contribution in [2.75, 3.05) is 6.54 Å². The molecule has 0 saturated carbocycles. The molecule has 2 N–H and O–H groups in total. The summed E-state index contributed by atoms with van der Waals surface area (Å²) in [5.41, 5.74) is 5.30. The zero-order valence-corrected chi connectivity index (χ0v) is 8.81. The summed E-state index contributed by atoms with van der Waals surface area (Å²) < 4.78 is 0. The van der Waals surface area contributed by atoms with Gasteiger partial charge in [-0.1, -0.05) is 19.8 Å². The Bertz CT molecular complexity index is 210. The summed E-state index contributed by atoms with van der Waals surface area (Å²) in [5.74, 6) is 5.72. The smallest absolute Gasteiger partial charge is 0.152 e. The molecule has 0 aliphatic carbocycles. The fraction of sp³-hybridized carbons (Fsp3) is 0.727. The van der Waals surface area contributed by atoms with Crippen LogP contribution in [0.25, 0.3) is 0 Å². The zero-order valence-electron chi connectivity index (χ0n) is 8.81. The number of hydrogen-bond donors (Lipinski definition) is 1. The minimum absolute atomic E-state index is 0.189. The van der Waals surface area contributed by atoms with E-state index in [1.807, 2.05) is 13.8 Å². The summed E-state index contributed by atoms with van der Waals surface area (Å²) in [6.45, 7) is 6.20. The summed E-state index contributed by atoms with van der Waals surface area (Å²) in [5, 5.41) is 0. The van der Waals surface area contributed by atoms with Gasteiger partial charge in [0.15, 0.2) is 5.78 Å². The van der Waals surface area contributed by atoms with Crippen molar-refractivity contribution in [3.63, 3.8) is 0 Å². The Balaban J connectivity index is 4.50. The first kappa shape index (κ1) is 12.2. The molecule has 2 heteroatoms. The third kappa shape index (κ3) is 2.86. The summed E-state index contributed by atoms with van der Waals surface area (Å²) in [7, 11) is 0. The van der Waals surface area contributed by atoms with E-state index < -0.39 is 0 Å². The molecule has 0 aliphatic rings. The Hall–Kier alpha value is -0.810. The van der Waals surface area contributed by atoms with E-state index in [4.69, 9.17) is 5.73 Å². The van der Waals surface area contributed by atoms with Gasteiger partial charge >= 0.3 is 0 Å². The molecule has 0 fully saturated rings. The first-order valence-corrected chi connectivity index (χ1v) is 4.79. The van der Waals surface area contributed by atoms with E-state index in [9.17, 15) is 4.79 Å². The van der Waals surface area contributed by atoms with Gasteiger partial charge in [-0.3, -0.25) is 4.79 Å². The predicted molar refractivity (Wildman–Crippen MR) is 55.1 cm³/mol. The minimum Gasteiger partial charge on any atom is -0.329 e. The molecule has 0 radical (unpaired) electrons. The molecule has 0 aliphatic heterocycles. The van der Waals surface area contributed by atoms with E-state index >= 15 is 0 Å². The second kappa shape index (κ2) is 5.77. The minimum atomic E-state index is -0.330. The van der Waals surface area contributed by atoms with Crippen molar-refractivity contribution in [1.29, 1.82) is 0 Å². The van der Waals surface area contributed by atoms with Gasteiger partial charge in [0.05, 0.1) is 6.42 Å². The van der Waals surface area contributed by atoms with Crippen LogP contribution in [-0.2, 0) is 4.79 Å². The van der Waals surface area contributed by atoms with Crippen molar-refractivity contribution in [2.45, 2.75) is 40.0 Å². The van der Waals surface area contributed by atoms with Gasteiger partial charge in [0.2, 0.25) is 0 Å². The van der Waals surface area contributed by atoms with Gasteiger partial charge in [0.25, 0.3) is 0 Å². The van der Waals surface area contributed by atoms with E-state index in [0.29, 0.717) is 13.0 Å². The summed E-state index contributed by atoms with van der Waals surface area (Å²) in [4.78, 5) is 11.7. The monoisotopic (exact) mass is 181 g/mol. The van der Waals surface area contributed by atoms with Gasteiger partial charge in [-0.2, -0.15) is 0 Å². The van der Waals surface area contributed by atoms with Crippen LogP contribution in [0.2, 0.25) is 0 Å². The summed E-state index contributed by atoms with van der Waals surface area (Å²) in [6, 6.07) is 0. The lowest BCUT2D eigenvalue weighted by Gasteiger charge is -2.27. The third-order valence-corrected chi connectivity index (χ3v) is 2.76. The SMILES string of the molecule is CC#CCC(=O)C(CC)(CC)CN. The van der Waals surface area contributed by atoms with Crippen LogP contribution in [0.1, 0.15) is 40.0 Å². The molecule has 0 aromatic heterocycles. The lowest BCUT2D eigenvalue weighted by atomic mass is 9.77. The molecule has 13 heavy (non-hydrogen) atoms. The molecular formula is C11H19NO. The van der Waals surface area contributed by atoms with Gasteiger partial charge < -0.3 is 5.73 Å². The van der Waals surface area contributed by atoms with Crippen molar-refractivity contribution in [2.24, 2.45) is 11.1 Å². The van der Waals surface area contributed by atoms with Crippen LogP contribution >= 0.6 is 0 Å². The molecule has 0 aromatic carbocycles. The molecule has 0 amide bonds. The lowest BCUT2D eigenvalue weighted by Crippen LogP contribution is -2.37. The van der Waals surface area contributed by atoms with E-state index in [0.717, 1.165) is 12.8 Å². The van der Waals surface area contributed by atoms with Crippen LogP contribution in [0.4, 0.5) is 0 Å². The number of nitrogens with two attached hydrogens (primary N) is 1. The first-order chi connectivity index (χ1) is 6.16. The number of rotatable bonds is 5. The molecule has 0 spiro atoms. The predicted octanol–water partition coefficient (Wildman–Crippen LogP) is 1.73. The number of carbonyl (C=O) groups excluding carboxylic acids is 1. The van der Waals surface area contributed by atoms with Crippen molar-refractivity contribution in [3.8, 4) is 11.8 Å². The topological polar surface area (TPSA) is 43.1 Å². The van der Waals surface area contributed by atoms with Gasteiger partial charge in [-0.15, -0.1) is 5.92 Å². The molecule has 2 nitrogen and oxygen atoms in total. The summed E-state index contributed by atoms with van der Waals surface area (Å²) in [6.07, 6.45) is 1.96. The molecule has 0 rings (SSSR count). The molecule has 0 heterocycles. The largest absolute Gasteiger partial charge is 0.329 e. The van der Waals surface area contributed by atoms with Crippen molar-refractivity contribution < 1.29 is 4.79 Å². The van der Waals surface area contributed by atoms with Gasteiger partial charge in [0.1, 0.15) is 0 Å². The Morgan fingerprint density at radius 2 is 1.92 bits per heavy atom. The normalized spacial score (nSPS) is 10.5. The van der Waals surface area contributed by atoms with Crippen LogP contribution in [0.15, 0.2) is 0 Å². The highest BCUT2D eigenvalue weighted by molar-refractivity contribution is 5.87. The Morgan fingerprint density at radius 3 is 2.23 bits per heavy atom. The van der Waals surface area contributed by atoms with E-state index in [1.54, 1.807) is 6.92 Å². The van der Waals surface area contributed by atoms with Crippen molar-refractivity contribution in [1.82, 2.24) is 0 Å². The standard InChI is InChI=1S/C11H19NO/c1-4-7-8-10(13)11(5-2,6-3)9-12/h5-6,8-9,12H2,1-3H3.